The molecule has 2 heterocycles. The zero-order chi connectivity index (χ0) is 12.3. The van der Waals surface area contributed by atoms with Crippen LogP contribution in [0, 0.1) is 5.92 Å². The number of hydrogen-bond acceptors (Lipinski definition) is 3. The van der Waals surface area contributed by atoms with Crippen molar-refractivity contribution in [3.63, 3.8) is 0 Å². The van der Waals surface area contributed by atoms with Gasteiger partial charge in [-0.1, -0.05) is 0 Å². The summed E-state index contributed by atoms with van der Waals surface area (Å²) in [4.78, 5) is 25.6. The minimum Gasteiger partial charge on any atom is -0.359 e. The lowest BCUT2D eigenvalue weighted by Crippen LogP contribution is -2.50. The zero-order valence-electron chi connectivity index (χ0n) is 10.4. The van der Waals surface area contributed by atoms with Crippen molar-refractivity contribution in [2.24, 2.45) is 5.92 Å². The summed E-state index contributed by atoms with van der Waals surface area (Å²) < 4.78 is 0. The average molecular weight is 239 g/mol. The second kappa shape index (κ2) is 5.49. The Kier molecular flexibility index (Phi) is 3.99. The summed E-state index contributed by atoms with van der Waals surface area (Å²) in [5.74, 6) is 0.206. The van der Waals surface area contributed by atoms with Gasteiger partial charge in [-0.2, -0.15) is 0 Å². The molecule has 0 bridgehead atoms. The molecule has 17 heavy (non-hydrogen) atoms. The molecule has 2 aliphatic rings. The third-order valence-electron chi connectivity index (χ3n) is 3.71. The van der Waals surface area contributed by atoms with E-state index in [4.69, 9.17) is 0 Å². The Morgan fingerprint density at radius 2 is 2.12 bits per heavy atom. The van der Waals surface area contributed by atoms with Crippen LogP contribution in [0.3, 0.4) is 0 Å². The normalized spacial score (nSPS) is 29.1. The van der Waals surface area contributed by atoms with Crippen molar-refractivity contribution in [2.75, 3.05) is 26.7 Å². The van der Waals surface area contributed by atoms with Crippen LogP contribution >= 0.6 is 0 Å². The van der Waals surface area contributed by atoms with Gasteiger partial charge in [0.25, 0.3) is 0 Å². The lowest BCUT2D eigenvalue weighted by molar-refractivity contribution is -0.137. The molecule has 0 saturated carbocycles. The number of carbonyl (C=O) groups is 2. The summed E-state index contributed by atoms with van der Waals surface area (Å²) in [7, 11) is 1.65. The molecule has 0 unspecified atom stereocenters. The summed E-state index contributed by atoms with van der Waals surface area (Å²) in [6, 6.07) is -0.0153. The third-order valence-corrected chi connectivity index (χ3v) is 3.71. The van der Waals surface area contributed by atoms with Crippen molar-refractivity contribution in [3.05, 3.63) is 0 Å². The van der Waals surface area contributed by atoms with Gasteiger partial charge in [0, 0.05) is 20.1 Å². The van der Waals surface area contributed by atoms with Crippen molar-refractivity contribution >= 4 is 11.8 Å². The van der Waals surface area contributed by atoms with Gasteiger partial charge in [0.2, 0.25) is 11.8 Å². The van der Waals surface area contributed by atoms with E-state index in [1.54, 1.807) is 7.05 Å². The molecule has 2 saturated heterocycles. The molecule has 2 rings (SSSR count). The number of carbonyl (C=O) groups excluding carboxylic acids is 2. The molecule has 2 aliphatic heterocycles. The first-order valence-corrected chi connectivity index (χ1v) is 6.46. The third kappa shape index (κ3) is 2.77. The highest BCUT2D eigenvalue weighted by atomic mass is 16.2. The number of amides is 2. The van der Waals surface area contributed by atoms with Crippen LogP contribution in [0.2, 0.25) is 0 Å². The number of piperidine rings is 1. The second-order valence-corrected chi connectivity index (χ2v) is 4.89. The monoisotopic (exact) mass is 239 g/mol. The maximum absolute atomic E-state index is 12.2. The maximum atomic E-state index is 12.2. The van der Waals surface area contributed by atoms with E-state index in [-0.39, 0.29) is 23.8 Å². The molecule has 0 aromatic heterocycles. The van der Waals surface area contributed by atoms with E-state index in [0.717, 1.165) is 38.8 Å². The molecule has 2 fully saturated rings. The number of nitrogens with zero attached hydrogens (tertiary/aromatic N) is 1. The van der Waals surface area contributed by atoms with Gasteiger partial charge in [-0.25, -0.2) is 0 Å². The fourth-order valence-electron chi connectivity index (χ4n) is 2.71. The van der Waals surface area contributed by atoms with Crippen LogP contribution in [0.4, 0.5) is 0 Å². The molecule has 0 radical (unpaired) electrons. The van der Waals surface area contributed by atoms with E-state index < -0.39 is 0 Å². The largest absolute Gasteiger partial charge is 0.359 e. The van der Waals surface area contributed by atoms with Gasteiger partial charge in [-0.05, 0) is 32.2 Å². The smallest absolute Gasteiger partial charge is 0.239 e. The first kappa shape index (κ1) is 12.4. The molecule has 2 N–H and O–H groups in total. The molecular weight excluding hydrogens is 218 g/mol. The fraction of sp³-hybridized carbons (Fsp3) is 0.833. The van der Waals surface area contributed by atoms with Crippen LogP contribution in [0.25, 0.3) is 0 Å². The molecule has 0 aromatic rings. The molecule has 0 aromatic carbocycles. The molecular formula is C12H21N3O2. The lowest BCUT2D eigenvalue weighted by atomic mass is 9.96. The molecule has 0 aliphatic carbocycles. The summed E-state index contributed by atoms with van der Waals surface area (Å²) in [6.07, 6.45) is 3.82. The molecule has 2 amide bonds. The fourth-order valence-corrected chi connectivity index (χ4v) is 2.71. The topological polar surface area (TPSA) is 61.4 Å². The predicted molar refractivity (Wildman–Crippen MR) is 64.4 cm³/mol. The van der Waals surface area contributed by atoms with Crippen molar-refractivity contribution in [1.29, 1.82) is 0 Å². The highest BCUT2D eigenvalue weighted by molar-refractivity contribution is 5.84. The van der Waals surface area contributed by atoms with Crippen molar-refractivity contribution < 1.29 is 9.59 Å². The van der Waals surface area contributed by atoms with Crippen LogP contribution in [-0.4, -0.2) is 49.4 Å². The Labute approximate surface area is 102 Å². The first-order chi connectivity index (χ1) is 8.22. The Hall–Kier alpha value is -1.10. The van der Waals surface area contributed by atoms with Crippen LogP contribution in [0.15, 0.2) is 0 Å². The Balaban J connectivity index is 1.92. The highest BCUT2D eigenvalue weighted by Crippen LogP contribution is 2.19. The molecule has 0 spiro atoms. The number of rotatable bonds is 2. The van der Waals surface area contributed by atoms with E-state index in [9.17, 15) is 9.59 Å². The van der Waals surface area contributed by atoms with Gasteiger partial charge >= 0.3 is 0 Å². The number of likely N-dealkylation sites (tertiary alicyclic amines) is 1. The highest BCUT2D eigenvalue weighted by Gasteiger charge is 2.32. The van der Waals surface area contributed by atoms with Gasteiger partial charge in [0.05, 0.1) is 12.0 Å². The van der Waals surface area contributed by atoms with Crippen molar-refractivity contribution in [1.82, 2.24) is 15.5 Å². The SMILES string of the molecule is CNC(=O)[C@H]1CCCN(C(=O)[C@@H]2CCCN2)C1. The van der Waals surface area contributed by atoms with E-state index in [1.807, 2.05) is 4.90 Å². The van der Waals surface area contributed by atoms with Gasteiger partial charge in [0.1, 0.15) is 0 Å². The summed E-state index contributed by atoms with van der Waals surface area (Å²) in [6.45, 7) is 2.31. The summed E-state index contributed by atoms with van der Waals surface area (Å²) in [5.41, 5.74) is 0. The molecule has 5 nitrogen and oxygen atoms in total. The minimum absolute atomic E-state index is 0.0153. The van der Waals surface area contributed by atoms with E-state index in [2.05, 4.69) is 10.6 Å². The Bertz CT molecular complexity index is 300. The lowest BCUT2D eigenvalue weighted by Gasteiger charge is -2.33. The molecule has 2 atom stereocenters. The maximum Gasteiger partial charge on any atom is 0.239 e. The van der Waals surface area contributed by atoms with Gasteiger partial charge in [0.15, 0.2) is 0 Å². The van der Waals surface area contributed by atoms with Gasteiger partial charge in [-0.3, -0.25) is 9.59 Å². The average Bonchev–Trinajstić information content (AvgIpc) is 2.91. The van der Waals surface area contributed by atoms with Gasteiger partial charge < -0.3 is 15.5 Å². The molecule has 5 heteroatoms. The van der Waals surface area contributed by atoms with Gasteiger partial charge in [-0.15, -0.1) is 0 Å². The minimum atomic E-state index is -0.0286. The van der Waals surface area contributed by atoms with Crippen LogP contribution in [0.1, 0.15) is 25.7 Å². The first-order valence-electron chi connectivity index (χ1n) is 6.46. The van der Waals surface area contributed by atoms with Crippen LogP contribution in [-0.2, 0) is 9.59 Å². The van der Waals surface area contributed by atoms with E-state index in [1.165, 1.54) is 0 Å². The van der Waals surface area contributed by atoms with Crippen LogP contribution < -0.4 is 10.6 Å². The zero-order valence-corrected chi connectivity index (χ0v) is 10.4. The van der Waals surface area contributed by atoms with Crippen molar-refractivity contribution in [2.45, 2.75) is 31.7 Å². The molecule has 96 valence electrons. The van der Waals surface area contributed by atoms with E-state index in [0.29, 0.717) is 6.54 Å². The number of hydrogen-bond donors (Lipinski definition) is 2. The second-order valence-electron chi connectivity index (χ2n) is 4.89. The standard InChI is InChI=1S/C12H21N3O2/c1-13-11(16)9-4-3-7-15(8-9)12(17)10-5-2-6-14-10/h9-10,14H,2-8H2,1H3,(H,13,16)/t9-,10-/m0/s1. The number of nitrogens with one attached hydrogen (secondary N) is 2. The van der Waals surface area contributed by atoms with Crippen molar-refractivity contribution in [3.8, 4) is 0 Å². The van der Waals surface area contributed by atoms with Crippen LogP contribution in [0.5, 0.6) is 0 Å². The predicted octanol–water partition coefficient (Wildman–Crippen LogP) is -0.277. The van der Waals surface area contributed by atoms with E-state index >= 15 is 0 Å². The summed E-state index contributed by atoms with van der Waals surface area (Å²) in [5, 5.41) is 5.89. The quantitative estimate of drug-likeness (QED) is 0.697. The Morgan fingerprint density at radius 3 is 2.76 bits per heavy atom. The summed E-state index contributed by atoms with van der Waals surface area (Å²) >= 11 is 0. The Morgan fingerprint density at radius 1 is 1.29 bits per heavy atom.